The lowest BCUT2D eigenvalue weighted by Crippen LogP contribution is -2.17. The number of halogens is 1. The van der Waals surface area contributed by atoms with Crippen LogP contribution in [0.25, 0.3) is 11.3 Å². The Balaban J connectivity index is 1.76. The van der Waals surface area contributed by atoms with Crippen LogP contribution in [0.1, 0.15) is 37.1 Å². The van der Waals surface area contributed by atoms with E-state index >= 15 is 0 Å². The number of hydrogen-bond donors (Lipinski definition) is 1. The van der Waals surface area contributed by atoms with Crippen molar-refractivity contribution in [2.45, 2.75) is 38.1 Å². The van der Waals surface area contributed by atoms with E-state index in [9.17, 15) is 0 Å². The molecule has 3 aromatic rings. The van der Waals surface area contributed by atoms with Gasteiger partial charge in [0.1, 0.15) is 5.75 Å². The molecule has 0 aliphatic carbocycles. The van der Waals surface area contributed by atoms with Crippen molar-refractivity contribution in [3.63, 3.8) is 0 Å². The van der Waals surface area contributed by atoms with Gasteiger partial charge >= 0.3 is 0 Å². The molecule has 0 unspecified atom stereocenters. The first-order valence-corrected chi connectivity index (χ1v) is 11.6. The molecule has 1 aliphatic heterocycles. The number of aryl methyl sites for hydroxylation is 1. The Bertz CT molecular complexity index is 1060. The number of nitrogens with zero attached hydrogens (tertiary/aromatic N) is 3. The maximum absolute atomic E-state index is 6.35. The molecule has 8 heteroatoms. The van der Waals surface area contributed by atoms with E-state index in [4.69, 9.17) is 14.5 Å². The zero-order chi connectivity index (χ0) is 21.1. The Kier molecular flexibility index (Phi) is 6.43. The number of methoxy groups -OCH3 is 1. The van der Waals surface area contributed by atoms with E-state index in [2.05, 4.69) is 44.4 Å². The molecule has 4 rings (SSSR count). The summed E-state index contributed by atoms with van der Waals surface area (Å²) in [7, 11) is 1.67. The minimum Gasteiger partial charge on any atom is -0.496 e. The van der Waals surface area contributed by atoms with Gasteiger partial charge in [0.2, 0.25) is 11.0 Å². The largest absolute Gasteiger partial charge is 0.496 e. The van der Waals surface area contributed by atoms with Gasteiger partial charge in [-0.25, -0.2) is 0 Å². The summed E-state index contributed by atoms with van der Waals surface area (Å²) in [6.45, 7) is 4.19. The normalized spacial score (nSPS) is 14.7. The molecular weight excluding hydrogens is 464 g/mol. The van der Waals surface area contributed by atoms with Crippen LogP contribution in [0, 0.1) is 6.92 Å². The summed E-state index contributed by atoms with van der Waals surface area (Å²) in [6.07, 6.45) is 1.82. The van der Waals surface area contributed by atoms with Crippen LogP contribution >= 0.6 is 27.7 Å². The van der Waals surface area contributed by atoms with Crippen molar-refractivity contribution in [1.82, 2.24) is 15.2 Å². The van der Waals surface area contributed by atoms with Gasteiger partial charge < -0.3 is 14.8 Å². The highest BCUT2D eigenvalue weighted by Gasteiger charge is 2.26. The van der Waals surface area contributed by atoms with Crippen molar-refractivity contribution in [3.05, 3.63) is 52.0 Å². The van der Waals surface area contributed by atoms with Crippen molar-refractivity contribution < 1.29 is 9.47 Å². The first-order valence-electron chi connectivity index (χ1n) is 9.84. The molecular formula is C22H23BrN4O2S. The topological polar surface area (TPSA) is 69.2 Å². The van der Waals surface area contributed by atoms with E-state index in [1.54, 1.807) is 18.9 Å². The van der Waals surface area contributed by atoms with Crippen LogP contribution in [-0.4, -0.2) is 28.0 Å². The summed E-state index contributed by atoms with van der Waals surface area (Å²) < 4.78 is 12.7. The number of nitrogens with one attached hydrogen (secondary N) is 1. The predicted molar refractivity (Wildman–Crippen MR) is 123 cm³/mol. The average molecular weight is 487 g/mol. The summed E-state index contributed by atoms with van der Waals surface area (Å²) in [6, 6.07) is 12.0. The van der Waals surface area contributed by atoms with Crippen LogP contribution in [0.5, 0.6) is 11.6 Å². The number of unbranched alkanes of at least 4 members (excludes halogenated alkanes) is 1. The molecule has 0 radical (unpaired) electrons. The lowest BCUT2D eigenvalue weighted by Gasteiger charge is -2.20. The third-order valence-corrected chi connectivity index (χ3v) is 6.26. The second kappa shape index (κ2) is 9.22. The summed E-state index contributed by atoms with van der Waals surface area (Å²) in [4.78, 5) is 4.69. The van der Waals surface area contributed by atoms with Crippen molar-refractivity contribution >= 4 is 33.4 Å². The monoisotopic (exact) mass is 486 g/mol. The zero-order valence-electron chi connectivity index (χ0n) is 17.1. The number of aromatic nitrogens is 3. The third kappa shape index (κ3) is 4.39. The number of ether oxygens (including phenoxy) is 2. The highest BCUT2D eigenvalue weighted by molar-refractivity contribution is 9.10. The van der Waals surface area contributed by atoms with Gasteiger partial charge in [0.25, 0.3) is 0 Å². The molecule has 0 bridgehead atoms. The van der Waals surface area contributed by atoms with Crippen LogP contribution in [-0.2, 0) is 0 Å². The first kappa shape index (κ1) is 20.9. The van der Waals surface area contributed by atoms with Gasteiger partial charge in [0, 0.05) is 27.0 Å². The molecule has 0 amide bonds. The SMILES string of the molecule is CCCCSc1nnc2c(n1)O[C@H](c1ccc(OC)c(C)c1)Nc1ccc(Br)cc1-2. The van der Waals surface area contributed by atoms with Crippen molar-refractivity contribution in [2.75, 3.05) is 18.2 Å². The molecule has 0 saturated carbocycles. The van der Waals surface area contributed by atoms with Gasteiger partial charge in [-0.1, -0.05) is 41.0 Å². The van der Waals surface area contributed by atoms with E-state index in [1.165, 1.54) is 0 Å². The van der Waals surface area contributed by atoms with Crippen molar-refractivity contribution in [1.29, 1.82) is 0 Å². The average Bonchev–Trinajstić information content (AvgIpc) is 2.90. The van der Waals surface area contributed by atoms with Gasteiger partial charge in [-0.2, -0.15) is 4.98 Å². The maximum Gasteiger partial charge on any atom is 0.247 e. The Morgan fingerprint density at radius 1 is 1.20 bits per heavy atom. The molecule has 30 heavy (non-hydrogen) atoms. The van der Waals surface area contributed by atoms with Crippen LogP contribution in [0.3, 0.4) is 0 Å². The number of hydrogen-bond acceptors (Lipinski definition) is 7. The van der Waals surface area contributed by atoms with E-state index in [1.807, 2.05) is 37.3 Å². The summed E-state index contributed by atoms with van der Waals surface area (Å²) >= 11 is 5.16. The number of fused-ring (bicyclic) bond motifs is 3. The maximum atomic E-state index is 6.35. The van der Waals surface area contributed by atoms with E-state index in [-0.39, 0.29) is 0 Å². The highest BCUT2D eigenvalue weighted by Crippen LogP contribution is 2.41. The van der Waals surface area contributed by atoms with Gasteiger partial charge in [0.15, 0.2) is 11.9 Å². The zero-order valence-corrected chi connectivity index (χ0v) is 19.5. The third-order valence-electron chi connectivity index (χ3n) is 4.84. The molecule has 1 atom stereocenters. The molecule has 1 aliphatic rings. The number of benzene rings is 2. The molecule has 0 fully saturated rings. The van der Waals surface area contributed by atoms with Gasteiger partial charge in [-0.3, -0.25) is 0 Å². The minimum atomic E-state index is -0.416. The fourth-order valence-corrected chi connectivity index (χ4v) is 4.48. The molecule has 0 saturated heterocycles. The van der Waals surface area contributed by atoms with E-state index in [0.29, 0.717) is 16.7 Å². The standard InChI is InChI=1S/C22H23BrN4O2S/c1-4-5-10-30-22-25-21-19(26-27-22)16-12-15(23)7-8-17(16)24-20(29-21)14-6-9-18(28-3)13(2)11-14/h6-9,11-12,20,24H,4-5,10H2,1-3H3/t20-/m1/s1. The number of rotatable bonds is 6. The molecule has 156 valence electrons. The van der Waals surface area contributed by atoms with Crippen LogP contribution < -0.4 is 14.8 Å². The lowest BCUT2D eigenvalue weighted by molar-refractivity contribution is 0.225. The van der Waals surface area contributed by atoms with Crippen molar-refractivity contribution in [3.8, 4) is 22.9 Å². The van der Waals surface area contributed by atoms with Gasteiger partial charge in [-0.15, -0.1) is 10.2 Å². The van der Waals surface area contributed by atoms with E-state index < -0.39 is 6.23 Å². The summed E-state index contributed by atoms with van der Waals surface area (Å²) in [5, 5.41) is 12.9. The number of thioether (sulfide) groups is 1. The van der Waals surface area contributed by atoms with Crippen LogP contribution in [0.2, 0.25) is 0 Å². The van der Waals surface area contributed by atoms with Crippen molar-refractivity contribution in [2.24, 2.45) is 0 Å². The molecule has 1 N–H and O–H groups in total. The molecule has 2 aromatic carbocycles. The minimum absolute atomic E-state index is 0.416. The second-order valence-corrected chi connectivity index (χ2v) is 8.99. The molecule has 1 aromatic heterocycles. The first-order chi connectivity index (χ1) is 14.6. The fourth-order valence-electron chi connectivity index (χ4n) is 3.25. The summed E-state index contributed by atoms with van der Waals surface area (Å²) in [5.74, 6) is 2.28. The van der Waals surface area contributed by atoms with Crippen LogP contribution in [0.4, 0.5) is 5.69 Å². The smallest absolute Gasteiger partial charge is 0.247 e. The Morgan fingerprint density at radius 3 is 2.83 bits per heavy atom. The van der Waals surface area contributed by atoms with Crippen LogP contribution in [0.15, 0.2) is 46.0 Å². The predicted octanol–water partition coefficient (Wildman–Crippen LogP) is 6.01. The van der Waals surface area contributed by atoms with Gasteiger partial charge in [-0.05, 0) is 55.3 Å². The van der Waals surface area contributed by atoms with E-state index in [0.717, 1.165) is 51.2 Å². The Hall–Kier alpha value is -2.32. The van der Waals surface area contributed by atoms with Gasteiger partial charge in [0.05, 0.1) is 7.11 Å². The Labute approximate surface area is 188 Å². The quantitative estimate of drug-likeness (QED) is 0.337. The fraction of sp³-hybridized carbons (Fsp3) is 0.318. The number of anilines is 1. The Morgan fingerprint density at radius 2 is 2.07 bits per heavy atom. The molecule has 0 spiro atoms. The second-order valence-electron chi connectivity index (χ2n) is 7.01. The lowest BCUT2D eigenvalue weighted by atomic mass is 10.1. The highest BCUT2D eigenvalue weighted by atomic mass is 79.9. The summed E-state index contributed by atoms with van der Waals surface area (Å²) in [5.41, 5.74) is 4.47. The molecule has 2 heterocycles. The molecule has 6 nitrogen and oxygen atoms in total.